The van der Waals surface area contributed by atoms with Crippen LogP contribution >= 0.6 is 11.6 Å². The fraction of sp³-hybridized carbons (Fsp3) is 0.318. The molecule has 1 unspecified atom stereocenters. The number of benzene rings is 1. The Labute approximate surface area is 183 Å². The molecule has 31 heavy (non-hydrogen) atoms. The van der Waals surface area contributed by atoms with Crippen molar-refractivity contribution in [3.63, 3.8) is 0 Å². The van der Waals surface area contributed by atoms with Gasteiger partial charge in [0.05, 0.1) is 23.4 Å². The zero-order chi connectivity index (χ0) is 21.8. The molecule has 3 aromatic rings. The van der Waals surface area contributed by atoms with Crippen LogP contribution in [-0.4, -0.2) is 45.5 Å². The van der Waals surface area contributed by atoms with Crippen LogP contribution in [0, 0.1) is 5.82 Å². The zero-order valence-corrected chi connectivity index (χ0v) is 17.4. The first-order chi connectivity index (χ1) is 15.0. The highest BCUT2D eigenvalue weighted by Crippen LogP contribution is 2.24. The first kappa shape index (κ1) is 21.4. The number of aliphatic hydroxyl groups excluding tert-OH is 1. The lowest BCUT2D eigenvalue weighted by molar-refractivity contribution is 0.0904. The first-order valence-electron chi connectivity index (χ1n) is 10.00. The van der Waals surface area contributed by atoms with E-state index in [0.717, 1.165) is 26.1 Å². The van der Waals surface area contributed by atoms with Crippen LogP contribution in [0.25, 0.3) is 11.3 Å². The average molecular weight is 445 g/mol. The molecule has 7 nitrogen and oxygen atoms in total. The fourth-order valence-corrected chi connectivity index (χ4v) is 3.74. The van der Waals surface area contributed by atoms with E-state index in [9.17, 15) is 14.3 Å². The molecule has 0 radical (unpaired) electrons. The van der Waals surface area contributed by atoms with Crippen LogP contribution < -0.4 is 10.9 Å². The van der Waals surface area contributed by atoms with E-state index >= 15 is 0 Å². The Morgan fingerprint density at radius 2 is 2.03 bits per heavy atom. The van der Waals surface area contributed by atoms with E-state index < -0.39 is 11.9 Å². The predicted octanol–water partition coefficient (Wildman–Crippen LogP) is 3.27. The normalized spacial score (nSPS) is 15.6. The molecule has 1 aromatic carbocycles. The molecule has 2 aromatic heterocycles. The molecule has 162 valence electrons. The molecule has 3 heterocycles. The Morgan fingerprint density at radius 1 is 1.23 bits per heavy atom. The number of aromatic nitrogens is 3. The van der Waals surface area contributed by atoms with E-state index in [1.807, 2.05) is 0 Å². The molecule has 4 rings (SSSR count). The summed E-state index contributed by atoms with van der Waals surface area (Å²) in [6, 6.07) is 8.74. The lowest BCUT2D eigenvalue weighted by Crippen LogP contribution is -2.28. The fourth-order valence-electron chi connectivity index (χ4n) is 3.63. The minimum Gasteiger partial charge on any atom is -0.394 e. The second-order valence-electron chi connectivity index (χ2n) is 7.35. The highest BCUT2D eigenvalue weighted by Gasteiger charge is 2.17. The largest absolute Gasteiger partial charge is 0.394 e. The maximum atomic E-state index is 13.9. The summed E-state index contributed by atoms with van der Waals surface area (Å²) in [5.41, 5.74) is 1.33. The zero-order valence-electron chi connectivity index (χ0n) is 16.7. The maximum absolute atomic E-state index is 13.9. The van der Waals surface area contributed by atoms with Gasteiger partial charge in [0.1, 0.15) is 18.0 Å². The van der Waals surface area contributed by atoms with Gasteiger partial charge < -0.3 is 19.7 Å². The van der Waals surface area contributed by atoms with Gasteiger partial charge in [0.15, 0.2) is 0 Å². The van der Waals surface area contributed by atoms with Crippen LogP contribution in [0.3, 0.4) is 0 Å². The minimum absolute atomic E-state index is 0.0166. The third-order valence-corrected chi connectivity index (χ3v) is 5.63. The number of halogens is 2. The molecule has 1 aliphatic rings. The molecule has 2 N–H and O–H groups in total. The van der Waals surface area contributed by atoms with Crippen LogP contribution in [0.4, 0.5) is 10.2 Å². The monoisotopic (exact) mass is 444 g/mol. The maximum Gasteiger partial charge on any atom is 0.251 e. The van der Waals surface area contributed by atoms with Crippen molar-refractivity contribution in [1.82, 2.24) is 14.5 Å². The van der Waals surface area contributed by atoms with Crippen molar-refractivity contribution in [3.05, 3.63) is 75.7 Å². The van der Waals surface area contributed by atoms with Gasteiger partial charge in [-0.25, -0.2) is 14.4 Å². The number of ether oxygens (including phenoxy) is 1. The van der Waals surface area contributed by atoms with Gasteiger partial charge in [-0.15, -0.1) is 0 Å². The number of pyridine rings is 1. The number of nitrogens with one attached hydrogen (secondary N) is 1. The molecule has 1 atom stereocenters. The third-order valence-electron chi connectivity index (χ3n) is 5.32. The first-order valence-corrected chi connectivity index (χ1v) is 10.4. The van der Waals surface area contributed by atoms with Crippen molar-refractivity contribution in [2.24, 2.45) is 0 Å². The molecule has 0 spiro atoms. The lowest BCUT2D eigenvalue weighted by Gasteiger charge is -2.23. The molecule has 1 saturated heterocycles. The Kier molecular flexibility index (Phi) is 6.60. The summed E-state index contributed by atoms with van der Waals surface area (Å²) in [5.74, 6) is 0.0822. The minimum atomic E-state index is -0.732. The molecule has 0 bridgehead atoms. The average Bonchev–Trinajstić information content (AvgIpc) is 2.78. The Bertz CT molecular complexity index is 1120. The topological polar surface area (TPSA) is 89.3 Å². The van der Waals surface area contributed by atoms with Gasteiger partial charge in [0.2, 0.25) is 0 Å². The quantitative estimate of drug-likeness (QED) is 0.606. The summed E-state index contributed by atoms with van der Waals surface area (Å²) < 4.78 is 20.6. The van der Waals surface area contributed by atoms with Gasteiger partial charge in [-0.3, -0.25) is 4.79 Å². The second-order valence-corrected chi connectivity index (χ2v) is 7.76. The van der Waals surface area contributed by atoms with Crippen LogP contribution in [-0.2, 0) is 4.74 Å². The summed E-state index contributed by atoms with van der Waals surface area (Å²) >= 11 is 5.74. The highest BCUT2D eigenvalue weighted by molar-refractivity contribution is 6.30. The highest BCUT2D eigenvalue weighted by atomic mass is 35.5. The summed E-state index contributed by atoms with van der Waals surface area (Å²) in [5, 5.41) is 13.2. The lowest BCUT2D eigenvalue weighted by atomic mass is 10.1. The van der Waals surface area contributed by atoms with Crippen molar-refractivity contribution in [1.29, 1.82) is 0 Å². The molecule has 0 aliphatic carbocycles. The summed E-state index contributed by atoms with van der Waals surface area (Å²) in [7, 11) is 0. The van der Waals surface area contributed by atoms with E-state index in [1.165, 1.54) is 29.1 Å². The van der Waals surface area contributed by atoms with Crippen molar-refractivity contribution in [3.8, 4) is 11.3 Å². The van der Waals surface area contributed by atoms with Gasteiger partial charge in [0, 0.05) is 43.1 Å². The molecular weight excluding hydrogens is 423 g/mol. The Hall–Kier alpha value is -2.81. The summed E-state index contributed by atoms with van der Waals surface area (Å²) in [4.78, 5) is 21.3. The number of hydrogen-bond acceptors (Lipinski definition) is 6. The molecular formula is C22H22ClFN4O3. The number of anilines is 1. The van der Waals surface area contributed by atoms with Gasteiger partial charge in [-0.2, -0.15) is 0 Å². The van der Waals surface area contributed by atoms with E-state index in [0.29, 0.717) is 22.6 Å². The van der Waals surface area contributed by atoms with E-state index in [2.05, 4.69) is 15.3 Å². The Morgan fingerprint density at radius 3 is 2.74 bits per heavy atom. The number of rotatable bonds is 6. The summed E-state index contributed by atoms with van der Waals surface area (Å²) in [6.45, 7) is 1.07. The smallest absolute Gasteiger partial charge is 0.251 e. The van der Waals surface area contributed by atoms with E-state index in [1.54, 1.807) is 24.4 Å². The van der Waals surface area contributed by atoms with Crippen molar-refractivity contribution in [2.75, 3.05) is 25.1 Å². The number of hydrogen-bond donors (Lipinski definition) is 2. The van der Waals surface area contributed by atoms with Crippen LogP contribution in [0.15, 0.2) is 53.7 Å². The molecule has 1 aliphatic heterocycles. The van der Waals surface area contributed by atoms with Crippen molar-refractivity contribution in [2.45, 2.75) is 24.9 Å². The second kappa shape index (κ2) is 9.55. The van der Waals surface area contributed by atoms with E-state index in [4.69, 9.17) is 16.3 Å². The van der Waals surface area contributed by atoms with Gasteiger partial charge in [-0.1, -0.05) is 17.7 Å². The SMILES string of the molecule is O=c1cc(-c2cc(NC3CCOCC3)ncn2)ccn1C(CO)c1ccc(Cl)c(F)c1. The van der Waals surface area contributed by atoms with Gasteiger partial charge in [-0.05, 0) is 36.6 Å². The summed E-state index contributed by atoms with van der Waals surface area (Å²) in [6.07, 6.45) is 4.83. The van der Waals surface area contributed by atoms with Crippen LogP contribution in [0.5, 0.6) is 0 Å². The predicted molar refractivity (Wildman–Crippen MR) is 116 cm³/mol. The third kappa shape index (κ3) is 4.92. The molecule has 1 fully saturated rings. The molecule has 0 amide bonds. The number of nitrogens with zero attached hydrogens (tertiary/aromatic N) is 3. The van der Waals surface area contributed by atoms with Crippen LogP contribution in [0.1, 0.15) is 24.4 Å². The molecule has 0 saturated carbocycles. The van der Waals surface area contributed by atoms with Gasteiger partial charge >= 0.3 is 0 Å². The van der Waals surface area contributed by atoms with Crippen molar-refractivity contribution >= 4 is 17.4 Å². The van der Waals surface area contributed by atoms with Gasteiger partial charge in [0.25, 0.3) is 5.56 Å². The Balaban J connectivity index is 1.59. The number of aliphatic hydroxyl groups is 1. The van der Waals surface area contributed by atoms with E-state index in [-0.39, 0.29) is 23.2 Å². The van der Waals surface area contributed by atoms with Crippen molar-refractivity contribution < 1.29 is 14.2 Å². The standard InChI is InChI=1S/C22H22ClFN4O3/c23-17-2-1-15(9-18(17)24)20(12-29)28-6-3-14(10-22(28)30)19-11-21(26-13-25-19)27-16-4-7-31-8-5-16/h1-3,6,9-11,13,16,20,29H,4-5,7-8,12H2,(H,25,26,27). The van der Waals surface area contributed by atoms with Crippen LogP contribution in [0.2, 0.25) is 5.02 Å². The molecule has 9 heteroatoms.